The molecular formula is C15H22N2O. The molecule has 3 nitrogen and oxygen atoms in total. The highest BCUT2D eigenvalue weighted by molar-refractivity contribution is 5.54. The molecule has 0 amide bonds. The first-order valence-electron chi connectivity index (χ1n) is 7.13. The molecule has 2 aliphatic heterocycles. The minimum atomic E-state index is 0.464. The van der Waals surface area contributed by atoms with E-state index in [-0.39, 0.29) is 0 Å². The summed E-state index contributed by atoms with van der Waals surface area (Å²) in [5, 5.41) is 13.5. The summed E-state index contributed by atoms with van der Waals surface area (Å²) in [5.74, 6) is 0.938. The second kappa shape index (κ2) is 5.19. The zero-order valence-corrected chi connectivity index (χ0v) is 10.9. The Labute approximate surface area is 109 Å². The average molecular weight is 246 g/mol. The van der Waals surface area contributed by atoms with Crippen LogP contribution in [0.3, 0.4) is 0 Å². The fourth-order valence-electron chi connectivity index (χ4n) is 3.16. The van der Waals surface area contributed by atoms with E-state index >= 15 is 0 Å². The lowest BCUT2D eigenvalue weighted by Crippen LogP contribution is -2.28. The highest BCUT2D eigenvalue weighted by Gasteiger charge is 2.20. The molecule has 18 heavy (non-hydrogen) atoms. The Morgan fingerprint density at radius 3 is 2.72 bits per heavy atom. The Bertz CT molecular complexity index is 407. The van der Waals surface area contributed by atoms with E-state index in [1.165, 1.54) is 31.4 Å². The Morgan fingerprint density at radius 1 is 1.17 bits per heavy atom. The highest BCUT2D eigenvalue weighted by Crippen LogP contribution is 2.34. The monoisotopic (exact) mass is 246 g/mol. The van der Waals surface area contributed by atoms with Gasteiger partial charge in [0, 0.05) is 36.8 Å². The summed E-state index contributed by atoms with van der Waals surface area (Å²) in [7, 11) is 0. The molecule has 1 aromatic rings. The predicted octanol–water partition coefficient (Wildman–Crippen LogP) is 2.46. The molecule has 3 rings (SSSR count). The van der Waals surface area contributed by atoms with Gasteiger partial charge in [0.05, 0.1) is 0 Å². The van der Waals surface area contributed by atoms with Crippen LogP contribution in [0.25, 0.3) is 0 Å². The van der Waals surface area contributed by atoms with Crippen molar-refractivity contribution in [3.8, 4) is 5.75 Å². The Hall–Kier alpha value is -1.22. The summed E-state index contributed by atoms with van der Waals surface area (Å²) in [6.07, 6.45) is 4.98. The van der Waals surface area contributed by atoms with Gasteiger partial charge in [0.2, 0.25) is 0 Å². The standard InChI is InChI=1S/C15H22N2O/c18-15-6-5-13(17-8-1-2-9-17)10-14(15)12-4-3-7-16-11-12/h5-6,10,12,16,18H,1-4,7-9,11H2. The third kappa shape index (κ3) is 2.32. The van der Waals surface area contributed by atoms with Gasteiger partial charge in [-0.1, -0.05) is 0 Å². The molecule has 0 aliphatic carbocycles. The largest absolute Gasteiger partial charge is 0.508 e. The normalized spacial score (nSPS) is 24.4. The molecule has 0 bridgehead atoms. The molecule has 3 heteroatoms. The van der Waals surface area contributed by atoms with Crippen LogP contribution in [0.15, 0.2) is 18.2 Å². The molecular weight excluding hydrogens is 224 g/mol. The van der Waals surface area contributed by atoms with Gasteiger partial charge in [-0.3, -0.25) is 0 Å². The summed E-state index contributed by atoms with van der Waals surface area (Å²) in [5.41, 5.74) is 2.41. The van der Waals surface area contributed by atoms with E-state index in [9.17, 15) is 5.11 Å². The number of phenolic OH excluding ortho intramolecular Hbond substituents is 1. The number of benzene rings is 1. The van der Waals surface area contributed by atoms with Gasteiger partial charge in [0.1, 0.15) is 5.75 Å². The van der Waals surface area contributed by atoms with Gasteiger partial charge in [-0.25, -0.2) is 0 Å². The van der Waals surface area contributed by atoms with Crippen molar-refractivity contribution in [1.82, 2.24) is 5.32 Å². The van der Waals surface area contributed by atoms with Gasteiger partial charge < -0.3 is 15.3 Å². The molecule has 2 aliphatic rings. The van der Waals surface area contributed by atoms with Crippen LogP contribution in [0, 0.1) is 0 Å². The van der Waals surface area contributed by atoms with Crippen molar-refractivity contribution in [2.75, 3.05) is 31.1 Å². The molecule has 0 saturated carbocycles. The molecule has 2 saturated heterocycles. The van der Waals surface area contributed by atoms with Gasteiger partial charge in [0.25, 0.3) is 0 Å². The number of anilines is 1. The molecule has 98 valence electrons. The molecule has 0 radical (unpaired) electrons. The minimum Gasteiger partial charge on any atom is -0.508 e. The molecule has 2 heterocycles. The summed E-state index contributed by atoms with van der Waals surface area (Å²) in [6, 6.07) is 6.14. The van der Waals surface area contributed by atoms with Crippen molar-refractivity contribution in [2.45, 2.75) is 31.6 Å². The molecule has 1 aromatic carbocycles. The van der Waals surface area contributed by atoms with Crippen molar-refractivity contribution in [1.29, 1.82) is 0 Å². The van der Waals surface area contributed by atoms with E-state index < -0.39 is 0 Å². The van der Waals surface area contributed by atoms with Crippen molar-refractivity contribution in [2.24, 2.45) is 0 Å². The van der Waals surface area contributed by atoms with Crippen LogP contribution < -0.4 is 10.2 Å². The van der Waals surface area contributed by atoms with E-state index in [1.54, 1.807) is 0 Å². The fourth-order valence-corrected chi connectivity index (χ4v) is 3.16. The quantitative estimate of drug-likeness (QED) is 0.841. The van der Waals surface area contributed by atoms with Crippen LogP contribution >= 0.6 is 0 Å². The predicted molar refractivity (Wildman–Crippen MR) is 74.4 cm³/mol. The number of aromatic hydroxyl groups is 1. The van der Waals surface area contributed by atoms with Crippen LogP contribution in [0.1, 0.15) is 37.2 Å². The number of hydrogen-bond donors (Lipinski definition) is 2. The van der Waals surface area contributed by atoms with Crippen LogP contribution in [-0.4, -0.2) is 31.3 Å². The van der Waals surface area contributed by atoms with Crippen molar-refractivity contribution in [3.05, 3.63) is 23.8 Å². The fraction of sp³-hybridized carbons (Fsp3) is 0.600. The molecule has 0 spiro atoms. The van der Waals surface area contributed by atoms with Crippen LogP contribution in [0.4, 0.5) is 5.69 Å². The molecule has 0 aromatic heterocycles. The van der Waals surface area contributed by atoms with E-state index in [2.05, 4.69) is 22.3 Å². The van der Waals surface area contributed by atoms with Gasteiger partial charge in [0.15, 0.2) is 0 Å². The Kier molecular flexibility index (Phi) is 3.41. The third-order valence-corrected chi connectivity index (χ3v) is 4.22. The average Bonchev–Trinajstić information content (AvgIpc) is 2.94. The molecule has 1 unspecified atom stereocenters. The van der Waals surface area contributed by atoms with Gasteiger partial charge in [-0.2, -0.15) is 0 Å². The lowest BCUT2D eigenvalue weighted by Gasteiger charge is -2.26. The van der Waals surface area contributed by atoms with E-state index in [0.717, 1.165) is 31.7 Å². The highest BCUT2D eigenvalue weighted by atomic mass is 16.3. The Morgan fingerprint density at radius 2 is 2.00 bits per heavy atom. The van der Waals surface area contributed by atoms with Crippen LogP contribution in [-0.2, 0) is 0 Å². The lowest BCUT2D eigenvalue weighted by molar-refractivity contribution is 0.425. The zero-order chi connectivity index (χ0) is 12.4. The Balaban J connectivity index is 1.85. The van der Waals surface area contributed by atoms with Crippen molar-refractivity contribution < 1.29 is 5.11 Å². The number of nitrogens with zero attached hydrogens (tertiary/aromatic N) is 1. The smallest absolute Gasteiger partial charge is 0.119 e. The molecule has 1 atom stereocenters. The van der Waals surface area contributed by atoms with Gasteiger partial charge in [-0.15, -0.1) is 0 Å². The van der Waals surface area contributed by atoms with Gasteiger partial charge in [-0.05, 0) is 50.4 Å². The second-order valence-electron chi connectivity index (χ2n) is 5.48. The summed E-state index contributed by atoms with van der Waals surface area (Å²) >= 11 is 0. The SMILES string of the molecule is Oc1ccc(N2CCCC2)cc1C1CCCNC1. The van der Waals surface area contributed by atoms with Crippen molar-refractivity contribution in [3.63, 3.8) is 0 Å². The topological polar surface area (TPSA) is 35.5 Å². The third-order valence-electron chi connectivity index (χ3n) is 4.22. The van der Waals surface area contributed by atoms with Crippen molar-refractivity contribution >= 4 is 5.69 Å². The number of rotatable bonds is 2. The maximum atomic E-state index is 10.1. The first-order chi connectivity index (χ1) is 8.84. The maximum Gasteiger partial charge on any atom is 0.119 e. The number of hydrogen-bond acceptors (Lipinski definition) is 3. The van der Waals surface area contributed by atoms with E-state index in [0.29, 0.717) is 11.7 Å². The van der Waals surface area contributed by atoms with Crippen LogP contribution in [0.2, 0.25) is 0 Å². The second-order valence-corrected chi connectivity index (χ2v) is 5.48. The summed E-state index contributed by atoms with van der Waals surface area (Å²) in [6.45, 7) is 4.43. The maximum absolute atomic E-state index is 10.1. The first-order valence-corrected chi connectivity index (χ1v) is 7.13. The summed E-state index contributed by atoms with van der Waals surface area (Å²) < 4.78 is 0. The number of nitrogens with one attached hydrogen (secondary N) is 1. The molecule has 2 N–H and O–H groups in total. The number of piperidine rings is 1. The van der Waals surface area contributed by atoms with Crippen LogP contribution in [0.5, 0.6) is 5.75 Å². The van der Waals surface area contributed by atoms with E-state index in [1.807, 2.05) is 6.07 Å². The summed E-state index contributed by atoms with van der Waals surface area (Å²) in [4.78, 5) is 2.43. The number of phenols is 1. The van der Waals surface area contributed by atoms with Gasteiger partial charge >= 0.3 is 0 Å². The first kappa shape index (κ1) is 11.8. The molecule has 2 fully saturated rings. The zero-order valence-electron chi connectivity index (χ0n) is 10.9. The van der Waals surface area contributed by atoms with E-state index in [4.69, 9.17) is 0 Å². The minimum absolute atomic E-state index is 0.464. The lowest BCUT2D eigenvalue weighted by atomic mass is 9.90.